The highest BCUT2D eigenvalue weighted by Gasteiger charge is 2.25. The van der Waals surface area contributed by atoms with Crippen LogP contribution in [0.3, 0.4) is 0 Å². The van der Waals surface area contributed by atoms with E-state index < -0.39 is 10.0 Å². The molecule has 0 aromatic heterocycles. The Morgan fingerprint density at radius 1 is 1.24 bits per heavy atom. The van der Waals surface area contributed by atoms with Crippen molar-refractivity contribution in [3.05, 3.63) is 24.3 Å². The summed E-state index contributed by atoms with van der Waals surface area (Å²) in [6.07, 6.45) is 2.15. The second-order valence-corrected chi connectivity index (χ2v) is 7.84. The van der Waals surface area contributed by atoms with Crippen molar-refractivity contribution in [2.45, 2.75) is 23.8 Å². The molecule has 138 valence electrons. The molecule has 9 heteroatoms. The summed E-state index contributed by atoms with van der Waals surface area (Å²) in [5.41, 5.74) is 0.587. The predicted octanol–water partition coefficient (Wildman–Crippen LogP) is 0.345. The molecule has 0 spiro atoms. The van der Waals surface area contributed by atoms with Crippen molar-refractivity contribution in [1.82, 2.24) is 10.2 Å². The maximum absolute atomic E-state index is 12.2. The van der Waals surface area contributed by atoms with Gasteiger partial charge in [0, 0.05) is 39.3 Å². The molecule has 2 amide bonds. The van der Waals surface area contributed by atoms with E-state index in [2.05, 4.69) is 5.32 Å². The summed E-state index contributed by atoms with van der Waals surface area (Å²) in [6, 6.07) is 6.58. The van der Waals surface area contributed by atoms with Gasteiger partial charge in [-0.05, 0) is 25.0 Å². The largest absolute Gasteiger partial charge is 0.376 e. The molecule has 0 saturated carbocycles. The number of hydrogen-bond acceptors (Lipinski definition) is 5. The minimum atomic E-state index is -3.78. The topological polar surface area (TPSA) is 105 Å². The molecule has 0 radical (unpaired) electrons. The van der Waals surface area contributed by atoms with E-state index in [1.54, 1.807) is 23.1 Å². The lowest BCUT2D eigenvalue weighted by Gasteiger charge is -2.36. The number of hydrogen-bond donors (Lipinski definition) is 2. The Labute approximate surface area is 148 Å². The maximum Gasteiger partial charge on any atom is 0.317 e. The van der Waals surface area contributed by atoms with Crippen molar-refractivity contribution in [2.24, 2.45) is 5.14 Å². The number of carbonyl (C=O) groups excluding carboxylic acids is 1. The van der Waals surface area contributed by atoms with E-state index in [1.807, 2.05) is 4.90 Å². The van der Waals surface area contributed by atoms with Gasteiger partial charge in [-0.2, -0.15) is 0 Å². The number of nitrogens with one attached hydrogen (secondary N) is 1. The van der Waals surface area contributed by atoms with E-state index in [1.165, 1.54) is 6.07 Å². The molecule has 2 saturated heterocycles. The van der Waals surface area contributed by atoms with Crippen LogP contribution in [0.5, 0.6) is 0 Å². The molecule has 25 heavy (non-hydrogen) atoms. The smallest absolute Gasteiger partial charge is 0.317 e. The molecule has 2 fully saturated rings. The average molecular weight is 368 g/mol. The summed E-state index contributed by atoms with van der Waals surface area (Å²) in [5, 5.41) is 8.21. The number of benzene rings is 1. The normalized spacial score (nSPS) is 21.4. The van der Waals surface area contributed by atoms with E-state index >= 15 is 0 Å². The van der Waals surface area contributed by atoms with Crippen molar-refractivity contribution in [3.63, 3.8) is 0 Å². The number of amides is 2. The number of primary sulfonamides is 1. The van der Waals surface area contributed by atoms with Gasteiger partial charge in [-0.15, -0.1) is 0 Å². The molecule has 1 aromatic carbocycles. The second-order valence-electron chi connectivity index (χ2n) is 6.31. The first-order valence-corrected chi connectivity index (χ1v) is 10.0. The summed E-state index contributed by atoms with van der Waals surface area (Å²) in [5.74, 6) is 0. The molecule has 8 nitrogen and oxygen atoms in total. The third kappa shape index (κ3) is 4.42. The SMILES string of the molecule is NS(=O)(=O)c1ccccc1N1CCN(C(=O)NC[C@@H]2CCCO2)CC1. The van der Waals surface area contributed by atoms with Crippen molar-refractivity contribution >= 4 is 21.7 Å². The highest BCUT2D eigenvalue weighted by Crippen LogP contribution is 2.25. The quantitative estimate of drug-likeness (QED) is 0.798. The Balaban J connectivity index is 1.56. The van der Waals surface area contributed by atoms with Crippen LogP contribution < -0.4 is 15.4 Å². The fourth-order valence-corrected chi connectivity index (χ4v) is 3.98. The minimum Gasteiger partial charge on any atom is -0.376 e. The Bertz CT molecular complexity index is 711. The van der Waals surface area contributed by atoms with Crippen LogP contribution in [0.2, 0.25) is 0 Å². The van der Waals surface area contributed by atoms with Gasteiger partial charge in [-0.25, -0.2) is 18.4 Å². The summed E-state index contributed by atoms with van der Waals surface area (Å²) < 4.78 is 29.0. The minimum absolute atomic E-state index is 0.102. The number of sulfonamides is 1. The molecule has 0 bridgehead atoms. The first-order chi connectivity index (χ1) is 11.9. The standard InChI is InChI=1S/C16H24N4O4S/c17-25(22,23)15-6-2-1-5-14(15)19-7-9-20(10-8-19)16(21)18-12-13-4-3-11-24-13/h1-2,5-6,13H,3-4,7-12H2,(H,18,21)(H2,17,22,23)/t13-/m0/s1. The molecule has 2 aliphatic heterocycles. The molecule has 0 aliphatic carbocycles. The van der Waals surface area contributed by atoms with Gasteiger partial charge in [0.25, 0.3) is 0 Å². The van der Waals surface area contributed by atoms with E-state index in [0.717, 1.165) is 19.4 Å². The lowest BCUT2D eigenvalue weighted by Crippen LogP contribution is -2.52. The number of nitrogens with zero attached hydrogens (tertiary/aromatic N) is 2. The van der Waals surface area contributed by atoms with Crippen molar-refractivity contribution in [2.75, 3.05) is 44.2 Å². The third-order valence-electron chi connectivity index (χ3n) is 4.58. The number of carbonyl (C=O) groups is 1. The number of piperazine rings is 1. The Hall–Kier alpha value is -1.84. The first kappa shape index (κ1) is 18.0. The fraction of sp³-hybridized carbons (Fsp3) is 0.562. The fourth-order valence-electron chi connectivity index (χ4n) is 3.23. The van der Waals surface area contributed by atoms with Crippen LogP contribution in [-0.2, 0) is 14.8 Å². The monoisotopic (exact) mass is 368 g/mol. The summed E-state index contributed by atoms with van der Waals surface area (Å²) >= 11 is 0. The van der Waals surface area contributed by atoms with Crippen molar-refractivity contribution in [3.8, 4) is 0 Å². The van der Waals surface area contributed by atoms with Crippen LogP contribution in [0.25, 0.3) is 0 Å². The zero-order valence-corrected chi connectivity index (χ0v) is 14.9. The van der Waals surface area contributed by atoms with Crippen LogP contribution in [-0.4, -0.2) is 64.8 Å². The summed E-state index contributed by atoms with van der Waals surface area (Å²) in [7, 11) is -3.78. The van der Waals surface area contributed by atoms with Crippen LogP contribution in [0, 0.1) is 0 Å². The van der Waals surface area contributed by atoms with Crippen LogP contribution in [0.15, 0.2) is 29.2 Å². The molecule has 2 heterocycles. The average Bonchev–Trinajstić information content (AvgIpc) is 3.13. The van der Waals surface area contributed by atoms with Crippen molar-refractivity contribution < 1.29 is 17.9 Å². The van der Waals surface area contributed by atoms with E-state index in [9.17, 15) is 13.2 Å². The van der Waals surface area contributed by atoms with Gasteiger partial charge in [-0.1, -0.05) is 12.1 Å². The van der Waals surface area contributed by atoms with Crippen LogP contribution in [0.1, 0.15) is 12.8 Å². The molecule has 3 N–H and O–H groups in total. The molecule has 2 aliphatic rings. The van der Waals surface area contributed by atoms with Crippen molar-refractivity contribution in [1.29, 1.82) is 0 Å². The number of para-hydroxylation sites is 1. The molecule has 1 atom stereocenters. The van der Waals surface area contributed by atoms with E-state index in [0.29, 0.717) is 38.4 Å². The number of nitrogens with two attached hydrogens (primary N) is 1. The zero-order valence-electron chi connectivity index (χ0n) is 14.1. The van der Waals surface area contributed by atoms with Gasteiger partial charge in [0.05, 0.1) is 11.8 Å². The van der Waals surface area contributed by atoms with E-state index in [-0.39, 0.29) is 17.0 Å². The molecule has 1 aromatic rings. The maximum atomic E-state index is 12.2. The highest BCUT2D eigenvalue weighted by atomic mass is 32.2. The van der Waals surface area contributed by atoms with Gasteiger partial charge in [0.2, 0.25) is 10.0 Å². The summed E-state index contributed by atoms with van der Waals surface area (Å²) in [6.45, 7) is 3.46. The third-order valence-corrected chi connectivity index (χ3v) is 5.54. The lowest BCUT2D eigenvalue weighted by atomic mass is 10.2. The lowest BCUT2D eigenvalue weighted by molar-refractivity contribution is 0.108. The number of rotatable bonds is 4. The number of anilines is 1. The van der Waals surface area contributed by atoms with Gasteiger partial charge >= 0.3 is 6.03 Å². The molecular weight excluding hydrogens is 344 g/mol. The molecule has 3 rings (SSSR count). The first-order valence-electron chi connectivity index (χ1n) is 8.46. The number of ether oxygens (including phenoxy) is 1. The molecular formula is C16H24N4O4S. The van der Waals surface area contributed by atoms with Crippen LogP contribution in [0.4, 0.5) is 10.5 Å². The Morgan fingerprint density at radius 3 is 2.60 bits per heavy atom. The summed E-state index contributed by atoms with van der Waals surface area (Å²) in [4.78, 5) is 16.1. The predicted molar refractivity (Wildman–Crippen MR) is 94.0 cm³/mol. The Morgan fingerprint density at radius 2 is 1.96 bits per heavy atom. The Kier molecular flexibility index (Phi) is 5.45. The number of urea groups is 1. The van der Waals surface area contributed by atoms with Gasteiger partial charge in [0.15, 0.2) is 0 Å². The van der Waals surface area contributed by atoms with Gasteiger partial charge in [-0.3, -0.25) is 0 Å². The molecule has 0 unspecified atom stereocenters. The van der Waals surface area contributed by atoms with Crippen LogP contribution >= 0.6 is 0 Å². The highest BCUT2D eigenvalue weighted by molar-refractivity contribution is 7.89. The van der Waals surface area contributed by atoms with E-state index in [4.69, 9.17) is 9.88 Å². The van der Waals surface area contributed by atoms with Gasteiger partial charge < -0.3 is 19.9 Å². The zero-order chi connectivity index (χ0) is 17.9. The van der Waals surface area contributed by atoms with Gasteiger partial charge in [0.1, 0.15) is 4.90 Å². The second kappa shape index (κ2) is 7.59.